The summed E-state index contributed by atoms with van der Waals surface area (Å²) in [7, 11) is 2.09. The van der Waals surface area contributed by atoms with E-state index in [1.165, 1.54) is 4.88 Å². The van der Waals surface area contributed by atoms with Gasteiger partial charge in [0.25, 0.3) is 5.89 Å². The molecule has 6 heteroatoms. The molecule has 0 radical (unpaired) electrons. The number of aromatic nitrogens is 2. The van der Waals surface area contributed by atoms with Gasteiger partial charge in [0.2, 0.25) is 0 Å². The van der Waals surface area contributed by atoms with Crippen LogP contribution in [-0.4, -0.2) is 41.7 Å². The van der Waals surface area contributed by atoms with Gasteiger partial charge in [-0.3, -0.25) is 4.90 Å². The smallest absolute Gasteiger partial charge is 0.250 e. The molecule has 0 amide bonds. The van der Waals surface area contributed by atoms with Crippen LogP contribution in [0.15, 0.2) is 22.0 Å². The first-order valence-corrected chi connectivity index (χ1v) is 7.17. The SMILES string of the molecule is CN1CCNCC1c1noc(/C=C/c2cccs2)n1. The summed E-state index contributed by atoms with van der Waals surface area (Å²) in [5.74, 6) is 1.31. The largest absolute Gasteiger partial charge is 0.335 e. The molecule has 1 fully saturated rings. The fourth-order valence-corrected chi connectivity index (χ4v) is 2.70. The highest BCUT2D eigenvalue weighted by Crippen LogP contribution is 2.18. The Labute approximate surface area is 115 Å². The second-order valence-electron chi connectivity index (χ2n) is 4.54. The Morgan fingerprint density at radius 2 is 2.47 bits per heavy atom. The van der Waals surface area contributed by atoms with Crippen molar-refractivity contribution < 1.29 is 4.52 Å². The van der Waals surface area contributed by atoms with E-state index >= 15 is 0 Å². The molecular formula is C13H16N4OS. The van der Waals surface area contributed by atoms with Gasteiger partial charge in [-0.15, -0.1) is 11.3 Å². The molecule has 1 atom stereocenters. The summed E-state index contributed by atoms with van der Waals surface area (Å²) in [5.41, 5.74) is 0. The van der Waals surface area contributed by atoms with Crippen LogP contribution in [-0.2, 0) is 0 Å². The van der Waals surface area contributed by atoms with Gasteiger partial charge >= 0.3 is 0 Å². The Morgan fingerprint density at radius 1 is 1.53 bits per heavy atom. The van der Waals surface area contributed by atoms with Crippen molar-refractivity contribution in [2.24, 2.45) is 0 Å². The minimum Gasteiger partial charge on any atom is -0.335 e. The van der Waals surface area contributed by atoms with Gasteiger partial charge in [0.15, 0.2) is 5.82 Å². The molecule has 2 aromatic rings. The van der Waals surface area contributed by atoms with E-state index in [2.05, 4.69) is 33.5 Å². The number of nitrogens with zero attached hydrogens (tertiary/aromatic N) is 3. The third-order valence-corrected chi connectivity index (χ3v) is 4.04. The zero-order valence-corrected chi connectivity index (χ0v) is 11.6. The van der Waals surface area contributed by atoms with E-state index in [1.54, 1.807) is 11.3 Å². The molecule has 100 valence electrons. The molecule has 19 heavy (non-hydrogen) atoms. The zero-order valence-electron chi connectivity index (χ0n) is 10.7. The molecule has 0 bridgehead atoms. The summed E-state index contributed by atoms with van der Waals surface area (Å²) in [6.45, 7) is 2.87. The maximum atomic E-state index is 5.27. The molecule has 1 aliphatic rings. The maximum Gasteiger partial charge on any atom is 0.250 e. The Kier molecular flexibility index (Phi) is 3.72. The van der Waals surface area contributed by atoms with Crippen LogP contribution in [0.1, 0.15) is 22.6 Å². The number of hydrogen-bond donors (Lipinski definition) is 1. The van der Waals surface area contributed by atoms with E-state index < -0.39 is 0 Å². The molecule has 1 N–H and O–H groups in total. The first kappa shape index (κ1) is 12.5. The lowest BCUT2D eigenvalue weighted by atomic mass is 10.2. The van der Waals surface area contributed by atoms with E-state index in [1.807, 2.05) is 23.6 Å². The van der Waals surface area contributed by atoms with Gasteiger partial charge in [0.05, 0.1) is 6.04 Å². The molecule has 3 rings (SSSR count). The molecule has 1 unspecified atom stereocenters. The van der Waals surface area contributed by atoms with Crippen molar-refractivity contribution in [2.45, 2.75) is 6.04 Å². The second-order valence-corrected chi connectivity index (χ2v) is 5.52. The molecular weight excluding hydrogens is 260 g/mol. The number of likely N-dealkylation sites (N-methyl/N-ethyl adjacent to an activating group) is 1. The number of rotatable bonds is 3. The first-order valence-electron chi connectivity index (χ1n) is 6.29. The Balaban J connectivity index is 1.72. The fourth-order valence-electron chi connectivity index (χ4n) is 2.08. The van der Waals surface area contributed by atoms with Gasteiger partial charge < -0.3 is 9.84 Å². The minimum absolute atomic E-state index is 0.196. The molecule has 3 heterocycles. The Hall–Kier alpha value is -1.50. The van der Waals surface area contributed by atoms with Crippen molar-refractivity contribution in [1.82, 2.24) is 20.4 Å². The standard InChI is InChI=1S/C13H16N4OS/c1-17-7-6-14-9-11(17)13-15-12(18-16-13)5-4-10-3-2-8-19-10/h2-5,8,11,14H,6-7,9H2,1H3/b5-4+. The molecule has 0 saturated carbocycles. The molecule has 5 nitrogen and oxygen atoms in total. The molecule has 0 spiro atoms. The van der Waals surface area contributed by atoms with Crippen molar-refractivity contribution in [3.63, 3.8) is 0 Å². The van der Waals surface area contributed by atoms with Crippen LogP contribution in [0.3, 0.4) is 0 Å². The predicted molar refractivity (Wildman–Crippen MR) is 75.8 cm³/mol. The highest BCUT2D eigenvalue weighted by Gasteiger charge is 2.24. The lowest BCUT2D eigenvalue weighted by Crippen LogP contribution is -2.44. The fraction of sp³-hybridized carbons (Fsp3) is 0.385. The molecule has 1 aliphatic heterocycles. The zero-order chi connectivity index (χ0) is 13.1. The van der Waals surface area contributed by atoms with Gasteiger partial charge in [-0.25, -0.2) is 0 Å². The summed E-state index contributed by atoms with van der Waals surface area (Å²) in [6, 6.07) is 4.27. The van der Waals surface area contributed by atoms with Crippen LogP contribution >= 0.6 is 11.3 Å². The lowest BCUT2D eigenvalue weighted by Gasteiger charge is -2.30. The van der Waals surface area contributed by atoms with Crippen molar-refractivity contribution in [3.8, 4) is 0 Å². The van der Waals surface area contributed by atoms with Crippen molar-refractivity contribution in [2.75, 3.05) is 26.7 Å². The number of hydrogen-bond acceptors (Lipinski definition) is 6. The quantitative estimate of drug-likeness (QED) is 0.927. The van der Waals surface area contributed by atoms with E-state index in [0.29, 0.717) is 5.89 Å². The number of nitrogens with one attached hydrogen (secondary N) is 1. The predicted octanol–water partition coefficient (Wildman–Crippen LogP) is 1.88. The van der Waals surface area contributed by atoms with Crippen LogP contribution in [0.4, 0.5) is 0 Å². The molecule has 0 aromatic carbocycles. The summed E-state index contributed by atoms with van der Waals surface area (Å²) in [5, 5.41) is 9.47. The Morgan fingerprint density at radius 3 is 3.26 bits per heavy atom. The van der Waals surface area contributed by atoms with Crippen LogP contribution < -0.4 is 5.32 Å². The van der Waals surface area contributed by atoms with E-state index in [4.69, 9.17) is 4.52 Å². The van der Waals surface area contributed by atoms with Gasteiger partial charge in [-0.1, -0.05) is 11.2 Å². The summed E-state index contributed by atoms with van der Waals surface area (Å²) in [4.78, 5) is 7.86. The van der Waals surface area contributed by atoms with Crippen LogP contribution in [0.5, 0.6) is 0 Å². The van der Waals surface area contributed by atoms with Gasteiger partial charge in [-0.2, -0.15) is 4.98 Å². The summed E-state index contributed by atoms with van der Waals surface area (Å²) >= 11 is 1.68. The normalized spacial score (nSPS) is 21.2. The van der Waals surface area contributed by atoms with Crippen molar-refractivity contribution >= 4 is 23.5 Å². The van der Waals surface area contributed by atoms with E-state index in [9.17, 15) is 0 Å². The first-order chi connectivity index (χ1) is 9.33. The molecule has 0 aliphatic carbocycles. The van der Waals surface area contributed by atoms with Crippen LogP contribution in [0, 0.1) is 0 Å². The highest BCUT2D eigenvalue weighted by atomic mass is 32.1. The number of thiophene rings is 1. The average molecular weight is 276 g/mol. The summed E-state index contributed by atoms with van der Waals surface area (Å²) in [6.07, 6.45) is 3.85. The molecule has 1 saturated heterocycles. The third-order valence-electron chi connectivity index (χ3n) is 3.20. The highest BCUT2D eigenvalue weighted by molar-refractivity contribution is 7.10. The monoisotopic (exact) mass is 276 g/mol. The molecule has 2 aromatic heterocycles. The lowest BCUT2D eigenvalue weighted by molar-refractivity contribution is 0.190. The maximum absolute atomic E-state index is 5.27. The topological polar surface area (TPSA) is 54.2 Å². The van der Waals surface area contributed by atoms with Crippen molar-refractivity contribution in [3.05, 3.63) is 34.1 Å². The van der Waals surface area contributed by atoms with Crippen molar-refractivity contribution in [1.29, 1.82) is 0 Å². The second kappa shape index (κ2) is 5.64. The van der Waals surface area contributed by atoms with Crippen LogP contribution in [0.25, 0.3) is 12.2 Å². The van der Waals surface area contributed by atoms with Gasteiger partial charge in [0, 0.05) is 30.6 Å². The number of piperazine rings is 1. The summed E-state index contributed by atoms with van der Waals surface area (Å²) < 4.78 is 5.27. The Bertz CT molecular complexity index is 549. The van der Waals surface area contributed by atoms with Crippen LogP contribution in [0.2, 0.25) is 0 Å². The third kappa shape index (κ3) is 2.91. The van der Waals surface area contributed by atoms with Gasteiger partial charge in [0.1, 0.15) is 0 Å². The average Bonchev–Trinajstić information content (AvgIpc) is 3.08. The van der Waals surface area contributed by atoms with E-state index in [0.717, 1.165) is 25.5 Å². The minimum atomic E-state index is 0.196. The van der Waals surface area contributed by atoms with Gasteiger partial charge in [-0.05, 0) is 24.6 Å². The van der Waals surface area contributed by atoms with E-state index in [-0.39, 0.29) is 6.04 Å².